The van der Waals surface area contributed by atoms with Crippen molar-refractivity contribution in [3.63, 3.8) is 0 Å². The highest BCUT2D eigenvalue weighted by atomic mass is 35.5. The molecular formula is C14H9ClN2O2S. The summed E-state index contributed by atoms with van der Waals surface area (Å²) in [5.41, 5.74) is 0.313. The summed E-state index contributed by atoms with van der Waals surface area (Å²) in [6, 6.07) is 12.3. The van der Waals surface area contributed by atoms with Gasteiger partial charge in [-0.05, 0) is 24.3 Å². The van der Waals surface area contributed by atoms with E-state index >= 15 is 0 Å². The minimum absolute atomic E-state index is 0.288. The minimum atomic E-state index is -0.575. The lowest BCUT2D eigenvalue weighted by atomic mass is 10.3. The van der Waals surface area contributed by atoms with E-state index in [4.69, 9.17) is 21.6 Å². The van der Waals surface area contributed by atoms with Crippen LogP contribution >= 0.6 is 23.4 Å². The van der Waals surface area contributed by atoms with E-state index in [2.05, 4.69) is 4.98 Å². The molecule has 1 aromatic heterocycles. The number of aromatic nitrogens is 1. The summed E-state index contributed by atoms with van der Waals surface area (Å²) in [5.74, 6) is -0.575. The first-order valence-electron chi connectivity index (χ1n) is 5.64. The van der Waals surface area contributed by atoms with Crippen LogP contribution in [0.2, 0.25) is 5.02 Å². The quantitative estimate of drug-likeness (QED) is 0.808. The molecule has 0 spiro atoms. The first-order valence-corrected chi connectivity index (χ1v) is 6.83. The molecule has 2 aromatic rings. The Morgan fingerprint density at radius 3 is 2.90 bits per heavy atom. The Hall–Kier alpha value is -2.03. The maximum Gasteiger partial charge on any atom is 0.341 e. The van der Waals surface area contributed by atoms with E-state index in [1.165, 1.54) is 11.8 Å². The van der Waals surface area contributed by atoms with Gasteiger partial charge in [0.2, 0.25) is 0 Å². The maximum absolute atomic E-state index is 11.8. The molecule has 0 radical (unpaired) electrons. The number of halogens is 1. The van der Waals surface area contributed by atoms with Crippen molar-refractivity contribution in [2.75, 3.05) is 6.61 Å². The third kappa shape index (κ3) is 3.50. The summed E-state index contributed by atoms with van der Waals surface area (Å²) < 4.78 is 4.80. The molecule has 0 bridgehead atoms. The molecule has 0 unspecified atom stereocenters. The first kappa shape index (κ1) is 14.4. The Labute approximate surface area is 125 Å². The van der Waals surface area contributed by atoms with Crippen LogP contribution in [0.15, 0.2) is 52.5 Å². The van der Waals surface area contributed by atoms with Gasteiger partial charge in [-0.15, -0.1) is 0 Å². The third-order valence-electron chi connectivity index (χ3n) is 2.30. The lowest BCUT2D eigenvalue weighted by Gasteiger charge is -2.07. The van der Waals surface area contributed by atoms with Crippen LogP contribution in [-0.4, -0.2) is 17.6 Å². The van der Waals surface area contributed by atoms with Crippen molar-refractivity contribution in [1.82, 2.24) is 4.98 Å². The van der Waals surface area contributed by atoms with Crippen LogP contribution in [0.4, 0.5) is 0 Å². The molecule has 4 nitrogen and oxygen atoms in total. The molecular weight excluding hydrogens is 296 g/mol. The highest BCUT2D eigenvalue weighted by Crippen LogP contribution is 2.33. The molecule has 0 atom stereocenters. The second kappa shape index (κ2) is 6.94. The molecule has 0 fully saturated rings. The lowest BCUT2D eigenvalue weighted by Crippen LogP contribution is -2.07. The molecule has 20 heavy (non-hydrogen) atoms. The van der Waals surface area contributed by atoms with Crippen molar-refractivity contribution in [3.05, 3.63) is 53.2 Å². The normalized spacial score (nSPS) is 9.80. The zero-order chi connectivity index (χ0) is 14.4. The fraction of sp³-hybridized carbons (Fsp3) is 0.0714. The number of pyridine rings is 1. The molecule has 0 amide bonds. The fourth-order valence-corrected chi connectivity index (χ4v) is 2.58. The van der Waals surface area contributed by atoms with E-state index < -0.39 is 5.97 Å². The molecule has 100 valence electrons. The number of hydrogen-bond acceptors (Lipinski definition) is 5. The Balaban J connectivity index is 2.27. The van der Waals surface area contributed by atoms with Crippen LogP contribution in [0, 0.1) is 11.3 Å². The maximum atomic E-state index is 11.8. The van der Waals surface area contributed by atoms with Crippen LogP contribution in [-0.2, 0) is 4.74 Å². The number of carbonyl (C=O) groups excluding carboxylic acids is 1. The van der Waals surface area contributed by atoms with Gasteiger partial charge in [0.05, 0.1) is 10.6 Å². The van der Waals surface area contributed by atoms with Crippen molar-refractivity contribution in [3.8, 4) is 6.07 Å². The predicted molar refractivity (Wildman–Crippen MR) is 75.7 cm³/mol. The van der Waals surface area contributed by atoms with Gasteiger partial charge in [-0.25, -0.2) is 9.78 Å². The fourth-order valence-electron chi connectivity index (χ4n) is 1.43. The second-order valence-electron chi connectivity index (χ2n) is 3.62. The summed E-state index contributed by atoms with van der Waals surface area (Å²) in [7, 11) is 0. The van der Waals surface area contributed by atoms with Gasteiger partial charge < -0.3 is 4.74 Å². The Bertz CT molecular complexity index is 670. The second-order valence-corrected chi connectivity index (χ2v) is 5.06. The third-order valence-corrected chi connectivity index (χ3v) is 3.84. The molecule has 1 heterocycles. The van der Waals surface area contributed by atoms with Gasteiger partial charge in [0.1, 0.15) is 11.1 Å². The number of rotatable bonds is 4. The van der Waals surface area contributed by atoms with Gasteiger partial charge in [0.15, 0.2) is 6.61 Å². The summed E-state index contributed by atoms with van der Waals surface area (Å²) in [6.07, 6.45) is 1.58. The number of ether oxygens (including phenoxy) is 1. The summed E-state index contributed by atoms with van der Waals surface area (Å²) in [5, 5.41) is 9.51. The molecule has 0 aliphatic carbocycles. The number of benzene rings is 1. The summed E-state index contributed by atoms with van der Waals surface area (Å²) in [6.45, 7) is -0.288. The minimum Gasteiger partial charge on any atom is -0.447 e. The Morgan fingerprint density at radius 2 is 2.15 bits per heavy atom. The first-order chi connectivity index (χ1) is 9.72. The van der Waals surface area contributed by atoms with E-state index in [1.54, 1.807) is 30.5 Å². The number of esters is 1. The van der Waals surface area contributed by atoms with Gasteiger partial charge >= 0.3 is 5.97 Å². The Kier molecular flexibility index (Phi) is 4.99. The number of nitrogens with zero attached hydrogens (tertiary/aromatic N) is 2. The molecule has 0 N–H and O–H groups in total. The van der Waals surface area contributed by atoms with E-state index in [0.29, 0.717) is 15.6 Å². The molecule has 6 heteroatoms. The van der Waals surface area contributed by atoms with Gasteiger partial charge in [-0.2, -0.15) is 5.26 Å². The van der Waals surface area contributed by atoms with Gasteiger partial charge in [0.25, 0.3) is 0 Å². The number of hydrogen-bond donors (Lipinski definition) is 0. The van der Waals surface area contributed by atoms with Gasteiger partial charge in [0, 0.05) is 11.1 Å². The molecule has 2 rings (SSSR count). The van der Waals surface area contributed by atoms with Gasteiger partial charge in [-0.1, -0.05) is 35.5 Å². The SMILES string of the molecule is N#CCOC(=O)c1cccnc1Sc1ccccc1Cl. The largest absolute Gasteiger partial charge is 0.447 e. The topological polar surface area (TPSA) is 63.0 Å². The molecule has 0 aliphatic rings. The average molecular weight is 305 g/mol. The van der Waals surface area contributed by atoms with E-state index in [-0.39, 0.29) is 6.61 Å². The molecule has 0 saturated carbocycles. The lowest BCUT2D eigenvalue weighted by molar-refractivity contribution is 0.0550. The van der Waals surface area contributed by atoms with Crippen molar-refractivity contribution >= 4 is 29.3 Å². The van der Waals surface area contributed by atoms with E-state index in [9.17, 15) is 4.79 Å². The smallest absolute Gasteiger partial charge is 0.341 e. The standard InChI is InChI=1S/C14H9ClN2O2S/c15-11-5-1-2-6-12(11)20-13-10(4-3-8-17-13)14(18)19-9-7-16/h1-6,8H,9H2. The highest BCUT2D eigenvalue weighted by molar-refractivity contribution is 7.99. The van der Waals surface area contributed by atoms with Crippen molar-refractivity contribution in [1.29, 1.82) is 5.26 Å². The highest BCUT2D eigenvalue weighted by Gasteiger charge is 2.15. The van der Waals surface area contributed by atoms with E-state index in [1.807, 2.05) is 18.2 Å². The van der Waals surface area contributed by atoms with Crippen LogP contribution in [0.1, 0.15) is 10.4 Å². The van der Waals surface area contributed by atoms with E-state index in [0.717, 1.165) is 4.90 Å². The molecule has 0 aliphatic heterocycles. The molecule has 1 aromatic carbocycles. The van der Waals surface area contributed by atoms with Crippen LogP contribution in [0.5, 0.6) is 0 Å². The van der Waals surface area contributed by atoms with Crippen LogP contribution < -0.4 is 0 Å². The van der Waals surface area contributed by atoms with Crippen LogP contribution in [0.3, 0.4) is 0 Å². The number of carbonyl (C=O) groups is 1. The monoisotopic (exact) mass is 304 g/mol. The Morgan fingerprint density at radius 1 is 1.35 bits per heavy atom. The predicted octanol–water partition coefficient (Wildman–Crippen LogP) is 3.57. The van der Waals surface area contributed by atoms with Crippen molar-refractivity contribution in [2.24, 2.45) is 0 Å². The molecule has 0 saturated heterocycles. The number of nitriles is 1. The summed E-state index contributed by atoms with van der Waals surface area (Å²) in [4.78, 5) is 16.8. The summed E-state index contributed by atoms with van der Waals surface area (Å²) >= 11 is 7.36. The average Bonchev–Trinajstić information content (AvgIpc) is 2.48. The van der Waals surface area contributed by atoms with Crippen molar-refractivity contribution in [2.45, 2.75) is 9.92 Å². The van der Waals surface area contributed by atoms with Crippen molar-refractivity contribution < 1.29 is 9.53 Å². The van der Waals surface area contributed by atoms with Crippen LogP contribution in [0.25, 0.3) is 0 Å². The van der Waals surface area contributed by atoms with Gasteiger partial charge in [-0.3, -0.25) is 0 Å². The zero-order valence-electron chi connectivity index (χ0n) is 10.2. The zero-order valence-corrected chi connectivity index (χ0v) is 11.8.